The maximum absolute atomic E-state index is 5.93. The van der Waals surface area contributed by atoms with Crippen LogP contribution in [0.15, 0.2) is 12.3 Å². The van der Waals surface area contributed by atoms with Crippen molar-refractivity contribution < 1.29 is 0 Å². The Labute approximate surface area is 111 Å². The fourth-order valence-electron chi connectivity index (χ4n) is 1.87. The molecule has 0 fully saturated rings. The Bertz CT molecular complexity index is 520. The van der Waals surface area contributed by atoms with Crippen LogP contribution in [0.4, 0.5) is 0 Å². The van der Waals surface area contributed by atoms with Crippen LogP contribution in [0.5, 0.6) is 0 Å². The van der Waals surface area contributed by atoms with Crippen molar-refractivity contribution in [2.24, 2.45) is 5.92 Å². The first-order valence-electron chi connectivity index (χ1n) is 5.68. The molecule has 0 bridgehead atoms. The third-order valence-electron chi connectivity index (χ3n) is 2.50. The lowest BCUT2D eigenvalue weighted by atomic mass is 10.2. The number of pyridine rings is 1. The number of halogens is 2. The van der Waals surface area contributed by atoms with Gasteiger partial charge in [-0.2, -0.15) is 0 Å². The number of aromatic nitrogens is 3. The lowest BCUT2D eigenvalue weighted by molar-refractivity contribution is 0.516. The summed E-state index contributed by atoms with van der Waals surface area (Å²) >= 11 is 11.7. The van der Waals surface area contributed by atoms with E-state index >= 15 is 0 Å². The van der Waals surface area contributed by atoms with E-state index in [9.17, 15) is 0 Å². The zero-order valence-corrected chi connectivity index (χ0v) is 11.5. The molecule has 0 amide bonds. The summed E-state index contributed by atoms with van der Waals surface area (Å²) in [5.74, 6) is 2.09. The average molecular weight is 272 g/mol. The zero-order valence-electron chi connectivity index (χ0n) is 9.95. The standard InChI is InChI=1S/C12H15Cl2N3/c1-8(2)7-17-11(3-4-13)16-10-5-9(14)6-15-12(10)17/h5-6,8H,3-4,7H2,1-2H3. The Morgan fingerprint density at radius 1 is 1.41 bits per heavy atom. The second-order valence-corrected chi connectivity index (χ2v) is 5.28. The smallest absolute Gasteiger partial charge is 0.160 e. The van der Waals surface area contributed by atoms with Gasteiger partial charge in [-0.1, -0.05) is 25.4 Å². The fraction of sp³-hybridized carbons (Fsp3) is 0.500. The summed E-state index contributed by atoms with van der Waals surface area (Å²) in [5.41, 5.74) is 1.74. The van der Waals surface area contributed by atoms with Gasteiger partial charge in [0.2, 0.25) is 0 Å². The molecule has 2 aromatic heterocycles. The SMILES string of the molecule is CC(C)Cn1c(CCCl)nc2cc(Cl)cnc21. The topological polar surface area (TPSA) is 30.7 Å². The molecular formula is C12H15Cl2N3. The van der Waals surface area contributed by atoms with E-state index in [1.807, 2.05) is 6.07 Å². The maximum Gasteiger partial charge on any atom is 0.160 e. The number of nitrogens with zero attached hydrogens (tertiary/aromatic N) is 3. The van der Waals surface area contributed by atoms with Crippen molar-refractivity contribution in [1.82, 2.24) is 14.5 Å². The molecule has 0 atom stereocenters. The van der Waals surface area contributed by atoms with Gasteiger partial charge >= 0.3 is 0 Å². The summed E-state index contributed by atoms with van der Waals surface area (Å²) < 4.78 is 2.14. The van der Waals surface area contributed by atoms with Gasteiger partial charge in [0.15, 0.2) is 5.65 Å². The lowest BCUT2D eigenvalue weighted by Crippen LogP contribution is -2.09. The molecule has 0 saturated carbocycles. The highest BCUT2D eigenvalue weighted by molar-refractivity contribution is 6.31. The molecule has 0 aliphatic heterocycles. The van der Waals surface area contributed by atoms with Gasteiger partial charge in [-0.15, -0.1) is 11.6 Å². The van der Waals surface area contributed by atoms with E-state index in [-0.39, 0.29) is 0 Å². The Hall–Kier alpha value is -0.800. The van der Waals surface area contributed by atoms with Crippen LogP contribution in [0.1, 0.15) is 19.7 Å². The molecule has 3 nitrogen and oxygen atoms in total. The molecule has 2 heterocycles. The number of hydrogen-bond donors (Lipinski definition) is 0. The largest absolute Gasteiger partial charge is 0.312 e. The minimum absolute atomic E-state index is 0.541. The lowest BCUT2D eigenvalue weighted by Gasteiger charge is -2.10. The van der Waals surface area contributed by atoms with Crippen LogP contribution in [0.2, 0.25) is 5.02 Å². The first-order chi connectivity index (χ1) is 8.11. The molecule has 0 aliphatic rings. The number of fused-ring (bicyclic) bond motifs is 1. The first-order valence-corrected chi connectivity index (χ1v) is 6.59. The molecule has 0 aromatic carbocycles. The highest BCUT2D eigenvalue weighted by Gasteiger charge is 2.12. The Kier molecular flexibility index (Phi) is 3.89. The number of alkyl halides is 1. The van der Waals surface area contributed by atoms with Gasteiger partial charge in [0.1, 0.15) is 11.3 Å². The minimum Gasteiger partial charge on any atom is -0.312 e. The fourth-order valence-corrected chi connectivity index (χ4v) is 2.19. The summed E-state index contributed by atoms with van der Waals surface area (Å²) in [7, 11) is 0. The van der Waals surface area contributed by atoms with Crippen molar-refractivity contribution in [3.63, 3.8) is 0 Å². The number of aryl methyl sites for hydroxylation is 1. The van der Waals surface area contributed by atoms with E-state index in [2.05, 4.69) is 28.4 Å². The van der Waals surface area contributed by atoms with E-state index in [0.717, 1.165) is 30.0 Å². The summed E-state index contributed by atoms with van der Waals surface area (Å²) in [6.07, 6.45) is 2.41. The van der Waals surface area contributed by atoms with Crippen molar-refractivity contribution in [3.8, 4) is 0 Å². The molecule has 2 rings (SSSR count). The van der Waals surface area contributed by atoms with Gasteiger partial charge in [-0.05, 0) is 12.0 Å². The molecule has 0 radical (unpaired) electrons. The van der Waals surface area contributed by atoms with Gasteiger partial charge in [-0.3, -0.25) is 0 Å². The van der Waals surface area contributed by atoms with Crippen LogP contribution < -0.4 is 0 Å². The predicted molar refractivity (Wildman–Crippen MR) is 71.8 cm³/mol. The van der Waals surface area contributed by atoms with E-state index in [0.29, 0.717) is 16.8 Å². The predicted octanol–water partition coefficient (Wildman–Crippen LogP) is 3.52. The van der Waals surface area contributed by atoms with Crippen molar-refractivity contribution >= 4 is 34.4 Å². The van der Waals surface area contributed by atoms with Gasteiger partial charge in [0, 0.05) is 25.0 Å². The van der Waals surface area contributed by atoms with E-state index in [4.69, 9.17) is 23.2 Å². The van der Waals surface area contributed by atoms with E-state index in [1.165, 1.54) is 0 Å². The molecule has 0 spiro atoms. The molecule has 5 heteroatoms. The van der Waals surface area contributed by atoms with Gasteiger partial charge < -0.3 is 4.57 Å². The quantitative estimate of drug-likeness (QED) is 0.797. The number of hydrogen-bond acceptors (Lipinski definition) is 2. The monoisotopic (exact) mass is 271 g/mol. The van der Waals surface area contributed by atoms with Gasteiger partial charge in [-0.25, -0.2) is 9.97 Å². The van der Waals surface area contributed by atoms with Crippen molar-refractivity contribution in [2.75, 3.05) is 5.88 Å². The van der Waals surface area contributed by atoms with Crippen molar-refractivity contribution in [1.29, 1.82) is 0 Å². The van der Waals surface area contributed by atoms with Crippen LogP contribution in [0.3, 0.4) is 0 Å². The Balaban J connectivity index is 2.54. The molecule has 0 N–H and O–H groups in total. The minimum atomic E-state index is 0.541. The Morgan fingerprint density at radius 3 is 2.82 bits per heavy atom. The molecular weight excluding hydrogens is 257 g/mol. The number of imidazole rings is 1. The average Bonchev–Trinajstić information content (AvgIpc) is 2.56. The molecule has 0 saturated heterocycles. The molecule has 92 valence electrons. The van der Waals surface area contributed by atoms with Gasteiger partial charge in [0.25, 0.3) is 0 Å². The zero-order chi connectivity index (χ0) is 12.4. The van der Waals surface area contributed by atoms with Crippen molar-refractivity contribution in [2.45, 2.75) is 26.8 Å². The molecule has 0 aliphatic carbocycles. The number of rotatable bonds is 4. The molecule has 2 aromatic rings. The third-order valence-corrected chi connectivity index (χ3v) is 2.89. The first kappa shape index (κ1) is 12.7. The third kappa shape index (κ3) is 2.72. The normalized spacial score (nSPS) is 11.6. The van der Waals surface area contributed by atoms with E-state index in [1.54, 1.807) is 6.20 Å². The maximum atomic E-state index is 5.93. The summed E-state index contributed by atoms with van der Waals surface area (Å²) in [6, 6.07) is 1.85. The van der Waals surface area contributed by atoms with Gasteiger partial charge in [0.05, 0.1) is 5.02 Å². The second-order valence-electron chi connectivity index (χ2n) is 4.47. The highest BCUT2D eigenvalue weighted by atomic mass is 35.5. The van der Waals surface area contributed by atoms with E-state index < -0.39 is 0 Å². The summed E-state index contributed by atoms with van der Waals surface area (Å²) in [5, 5.41) is 0.615. The van der Waals surface area contributed by atoms with Crippen LogP contribution in [-0.4, -0.2) is 20.4 Å². The molecule has 17 heavy (non-hydrogen) atoms. The van der Waals surface area contributed by atoms with Crippen LogP contribution in [0, 0.1) is 5.92 Å². The summed E-state index contributed by atoms with van der Waals surface area (Å²) in [4.78, 5) is 8.91. The highest BCUT2D eigenvalue weighted by Crippen LogP contribution is 2.19. The second kappa shape index (κ2) is 5.23. The molecule has 0 unspecified atom stereocenters. The Morgan fingerprint density at radius 2 is 2.18 bits per heavy atom. The summed E-state index contributed by atoms with van der Waals surface area (Å²) in [6.45, 7) is 5.25. The van der Waals surface area contributed by atoms with Crippen LogP contribution >= 0.6 is 23.2 Å². The van der Waals surface area contributed by atoms with Crippen LogP contribution in [0.25, 0.3) is 11.2 Å². The van der Waals surface area contributed by atoms with Crippen LogP contribution in [-0.2, 0) is 13.0 Å². The van der Waals surface area contributed by atoms with Crippen molar-refractivity contribution in [3.05, 3.63) is 23.1 Å².